The van der Waals surface area contributed by atoms with Crippen LogP contribution in [-0.2, 0) is 14.9 Å². The molecule has 4 heteroatoms. The minimum Gasteiger partial charge on any atom is -0.370 e. The second-order valence-corrected chi connectivity index (χ2v) is 9.48. The number of benzene rings is 2. The van der Waals surface area contributed by atoms with E-state index in [1.807, 2.05) is 0 Å². The largest absolute Gasteiger partial charge is 0.370 e. The van der Waals surface area contributed by atoms with Crippen LogP contribution in [0.2, 0.25) is 0 Å². The predicted octanol–water partition coefficient (Wildman–Crippen LogP) is 2.73. The van der Waals surface area contributed by atoms with E-state index in [4.69, 9.17) is 4.74 Å². The fourth-order valence-corrected chi connectivity index (χ4v) is 5.32. The van der Waals surface area contributed by atoms with E-state index in [0.717, 1.165) is 38.4 Å². The molecule has 0 bridgehead atoms. The molecular weight excluding hydrogens is 360 g/mol. The van der Waals surface area contributed by atoms with Gasteiger partial charge < -0.3 is 14.5 Å². The normalized spacial score (nSPS) is 24.2. The van der Waals surface area contributed by atoms with E-state index in [1.165, 1.54) is 21.6 Å². The van der Waals surface area contributed by atoms with Crippen LogP contribution in [0.4, 0.5) is 5.69 Å². The van der Waals surface area contributed by atoms with Crippen LogP contribution >= 0.6 is 0 Å². The number of quaternary nitrogens is 1. The van der Waals surface area contributed by atoms with Gasteiger partial charge in [-0.2, -0.15) is 0 Å². The maximum absolute atomic E-state index is 13.5. The quantitative estimate of drug-likeness (QED) is 0.870. The van der Waals surface area contributed by atoms with Crippen molar-refractivity contribution in [1.82, 2.24) is 0 Å². The molecule has 4 rings (SSSR count). The van der Waals surface area contributed by atoms with Crippen LogP contribution in [0.5, 0.6) is 0 Å². The number of ether oxygens (including phenoxy) is 1. The van der Waals surface area contributed by atoms with E-state index in [0.29, 0.717) is 6.54 Å². The highest BCUT2D eigenvalue weighted by molar-refractivity contribution is 5.97. The number of carbonyl (C=O) groups excluding carboxylic acids is 1. The smallest absolute Gasteiger partial charge is 0.282 e. The summed E-state index contributed by atoms with van der Waals surface area (Å²) in [6.07, 6.45) is 0.894. The SMILES string of the molecule is Cc1ccc2c(c1)[C@](C)(c1ccccc1)CC(C)(C)N2C(=O)C[NH+]1CCOCC1. The monoisotopic (exact) mass is 393 g/mol. The van der Waals surface area contributed by atoms with Crippen LogP contribution < -0.4 is 9.80 Å². The molecule has 29 heavy (non-hydrogen) atoms. The van der Waals surface area contributed by atoms with Gasteiger partial charge in [0.05, 0.1) is 13.2 Å². The second kappa shape index (κ2) is 7.58. The zero-order valence-electron chi connectivity index (χ0n) is 18.1. The Labute approximate surface area is 174 Å². The number of morpholine rings is 1. The average Bonchev–Trinajstić information content (AvgIpc) is 2.69. The van der Waals surface area contributed by atoms with Crippen molar-refractivity contribution in [1.29, 1.82) is 0 Å². The van der Waals surface area contributed by atoms with E-state index in [9.17, 15) is 4.79 Å². The van der Waals surface area contributed by atoms with Gasteiger partial charge >= 0.3 is 0 Å². The Balaban J connectivity index is 1.77. The number of amides is 1. The molecule has 1 amide bonds. The van der Waals surface area contributed by atoms with Crippen LogP contribution in [0.3, 0.4) is 0 Å². The Hall–Kier alpha value is -2.17. The number of hydrogen-bond donors (Lipinski definition) is 1. The average molecular weight is 394 g/mol. The number of anilines is 1. The van der Waals surface area contributed by atoms with Gasteiger partial charge in [0.15, 0.2) is 6.54 Å². The predicted molar refractivity (Wildman–Crippen MR) is 117 cm³/mol. The molecule has 4 nitrogen and oxygen atoms in total. The van der Waals surface area contributed by atoms with E-state index in [1.54, 1.807) is 0 Å². The maximum Gasteiger partial charge on any atom is 0.282 e. The van der Waals surface area contributed by atoms with Gasteiger partial charge in [-0.25, -0.2) is 0 Å². The van der Waals surface area contributed by atoms with Gasteiger partial charge in [-0.1, -0.05) is 55.0 Å². The van der Waals surface area contributed by atoms with E-state index >= 15 is 0 Å². The molecule has 0 radical (unpaired) electrons. The van der Waals surface area contributed by atoms with Crippen molar-refractivity contribution >= 4 is 11.6 Å². The summed E-state index contributed by atoms with van der Waals surface area (Å²) in [5, 5.41) is 0. The fourth-order valence-electron chi connectivity index (χ4n) is 5.32. The second-order valence-electron chi connectivity index (χ2n) is 9.48. The first-order valence-electron chi connectivity index (χ1n) is 10.7. The number of aryl methyl sites for hydroxylation is 1. The van der Waals surface area contributed by atoms with Crippen LogP contribution in [0.15, 0.2) is 48.5 Å². The Kier molecular flexibility index (Phi) is 5.26. The highest BCUT2D eigenvalue weighted by atomic mass is 16.5. The Morgan fingerprint density at radius 3 is 2.45 bits per heavy atom. The molecule has 2 aliphatic rings. The minimum atomic E-state index is -0.268. The van der Waals surface area contributed by atoms with Gasteiger partial charge in [0.1, 0.15) is 13.1 Å². The first-order chi connectivity index (χ1) is 13.8. The summed E-state index contributed by atoms with van der Waals surface area (Å²) in [5.74, 6) is 0.215. The van der Waals surface area contributed by atoms with Crippen molar-refractivity contribution in [2.45, 2.75) is 45.1 Å². The number of rotatable bonds is 3. The molecular formula is C25H33N2O2+. The minimum absolute atomic E-state index is 0.130. The third-order valence-electron chi connectivity index (χ3n) is 6.64. The van der Waals surface area contributed by atoms with Gasteiger partial charge in [-0.3, -0.25) is 4.79 Å². The van der Waals surface area contributed by atoms with Gasteiger partial charge in [0.25, 0.3) is 5.91 Å². The molecule has 2 aromatic rings. The number of nitrogens with one attached hydrogen (secondary N) is 1. The zero-order valence-corrected chi connectivity index (χ0v) is 18.1. The number of hydrogen-bond acceptors (Lipinski definition) is 2. The van der Waals surface area contributed by atoms with Gasteiger partial charge in [-0.05, 0) is 44.4 Å². The first kappa shape index (κ1) is 20.1. The molecule has 0 aromatic heterocycles. The lowest BCUT2D eigenvalue weighted by atomic mass is 9.65. The fraction of sp³-hybridized carbons (Fsp3) is 0.480. The van der Waals surface area contributed by atoms with Crippen LogP contribution in [-0.4, -0.2) is 44.3 Å². The van der Waals surface area contributed by atoms with Gasteiger partial charge in [0, 0.05) is 16.6 Å². The van der Waals surface area contributed by atoms with Crippen molar-refractivity contribution in [2.24, 2.45) is 0 Å². The first-order valence-corrected chi connectivity index (χ1v) is 10.7. The van der Waals surface area contributed by atoms with E-state index in [2.05, 4.69) is 81.1 Å². The lowest BCUT2D eigenvalue weighted by Crippen LogP contribution is -3.15. The Morgan fingerprint density at radius 1 is 1.07 bits per heavy atom. The molecule has 2 aliphatic heterocycles. The van der Waals surface area contributed by atoms with E-state index in [-0.39, 0.29) is 16.9 Å². The molecule has 0 unspecified atom stereocenters. The molecule has 1 fully saturated rings. The molecule has 154 valence electrons. The van der Waals surface area contributed by atoms with Crippen molar-refractivity contribution in [3.8, 4) is 0 Å². The number of carbonyl (C=O) groups is 1. The summed E-state index contributed by atoms with van der Waals surface area (Å²) in [4.78, 5) is 16.9. The molecule has 1 atom stereocenters. The third-order valence-corrected chi connectivity index (χ3v) is 6.64. The summed E-state index contributed by atoms with van der Waals surface area (Å²) in [6, 6.07) is 17.3. The van der Waals surface area contributed by atoms with Crippen molar-refractivity contribution in [2.75, 3.05) is 37.7 Å². The summed E-state index contributed by atoms with van der Waals surface area (Å²) < 4.78 is 5.47. The zero-order chi connectivity index (χ0) is 20.6. The number of fused-ring (bicyclic) bond motifs is 1. The molecule has 0 aliphatic carbocycles. The molecule has 1 saturated heterocycles. The summed E-state index contributed by atoms with van der Waals surface area (Å²) in [6.45, 7) is 12.7. The topological polar surface area (TPSA) is 34.0 Å². The maximum atomic E-state index is 13.5. The molecule has 2 heterocycles. The van der Waals surface area contributed by atoms with Crippen molar-refractivity contribution in [3.63, 3.8) is 0 Å². The lowest BCUT2D eigenvalue weighted by molar-refractivity contribution is -0.900. The highest BCUT2D eigenvalue weighted by Gasteiger charge is 2.48. The summed E-state index contributed by atoms with van der Waals surface area (Å²) in [7, 11) is 0. The van der Waals surface area contributed by atoms with Crippen LogP contribution in [0.1, 0.15) is 43.9 Å². The molecule has 0 spiro atoms. The molecule has 0 saturated carbocycles. The Bertz CT molecular complexity index is 887. The third kappa shape index (κ3) is 3.72. The Morgan fingerprint density at radius 2 is 1.76 bits per heavy atom. The molecule has 2 aromatic carbocycles. The van der Waals surface area contributed by atoms with Gasteiger partial charge in [0.2, 0.25) is 0 Å². The van der Waals surface area contributed by atoms with Crippen LogP contribution in [0, 0.1) is 6.92 Å². The van der Waals surface area contributed by atoms with Crippen molar-refractivity contribution < 1.29 is 14.4 Å². The standard InChI is InChI=1S/C25H32N2O2/c1-19-10-11-22-21(16-19)25(4,20-8-6-5-7-9-20)18-24(2,3)27(22)23(28)17-26-12-14-29-15-13-26/h5-11,16H,12-15,17-18H2,1-4H3/p+1/t25-/m0/s1. The van der Waals surface area contributed by atoms with Crippen molar-refractivity contribution in [3.05, 3.63) is 65.2 Å². The summed E-state index contributed by atoms with van der Waals surface area (Å²) in [5.41, 5.74) is 4.47. The van der Waals surface area contributed by atoms with Crippen LogP contribution in [0.25, 0.3) is 0 Å². The lowest BCUT2D eigenvalue weighted by Gasteiger charge is -2.51. The molecule has 1 N–H and O–H groups in total. The summed E-state index contributed by atoms with van der Waals surface area (Å²) >= 11 is 0. The number of nitrogens with zero attached hydrogens (tertiary/aromatic N) is 1. The van der Waals surface area contributed by atoms with Gasteiger partial charge in [-0.15, -0.1) is 0 Å². The van der Waals surface area contributed by atoms with E-state index < -0.39 is 0 Å². The highest BCUT2D eigenvalue weighted by Crippen LogP contribution is 2.50.